The highest BCUT2D eigenvalue weighted by atomic mass is 16.1. The van der Waals surface area contributed by atoms with Crippen molar-refractivity contribution in [2.75, 3.05) is 0 Å². The summed E-state index contributed by atoms with van der Waals surface area (Å²) in [6.45, 7) is 6.05. The molecular formula is C22H22NO+. The molecule has 1 aromatic heterocycles. The first kappa shape index (κ1) is 16.1. The Bertz CT molecular complexity index is 831. The van der Waals surface area contributed by atoms with Gasteiger partial charge in [0.25, 0.3) is 0 Å². The van der Waals surface area contributed by atoms with Crippen molar-refractivity contribution in [3.05, 3.63) is 89.7 Å². The number of Topliss-reactive ketones (excluding diaryl/α,β-unsaturated/α-hetero) is 1. The molecule has 3 aromatic rings. The van der Waals surface area contributed by atoms with E-state index in [2.05, 4.69) is 32.0 Å². The van der Waals surface area contributed by atoms with Gasteiger partial charge in [-0.25, -0.2) is 0 Å². The molecule has 24 heavy (non-hydrogen) atoms. The Hall–Kier alpha value is -2.74. The molecule has 0 fully saturated rings. The van der Waals surface area contributed by atoms with Crippen LogP contribution in [0.4, 0.5) is 0 Å². The number of nitrogens with zero attached hydrogens (tertiary/aromatic N) is 1. The fourth-order valence-corrected chi connectivity index (χ4v) is 3.00. The fourth-order valence-electron chi connectivity index (χ4n) is 3.00. The normalized spacial score (nSPS) is 12.0. The van der Waals surface area contributed by atoms with Gasteiger partial charge in [-0.3, -0.25) is 4.79 Å². The Morgan fingerprint density at radius 1 is 0.833 bits per heavy atom. The maximum atomic E-state index is 12.8. The molecule has 0 spiro atoms. The van der Waals surface area contributed by atoms with Gasteiger partial charge < -0.3 is 0 Å². The molecule has 1 atom stereocenters. The monoisotopic (exact) mass is 316 g/mol. The van der Waals surface area contributed by atoms with Crippen molar-refractivity contribution in [2.24, 2.45) is 0 Å². The zero-order chi connectivity index (χ0) is 17.1. The standard InChI is InChI=1S/C22H22NO/c1-16-13-17(2)15-23(14-16)18(3)22(24)21-11-9-20(10-12-21)19-7-5-4-6-8-19/h4-15,18H,1-3H3/q+1/t18-/m1/s1. The molecule has 2 heteroatoms. The smallest absolute Gasteiger partial charge is 0.230 e. The number of ketones is 1. The van der Waals surface area contributed by atoms with E-state index >= 15 is 0 Å². The SMILES string of the molecule is Cc1cc(C)c[n+]([C@H](C)C(=O)c2ccc(-c3ccccc3)cc2)c1. The highest BCUT2D eigenvalue weighted by molar-refractivity contribution is 5.98. The summed E-state index contributed by atoms with van der Waals surface area (Å²) in [5.74, 6) is 0.129. The Kier molecular flexibility index (Phi) is 4.57. The van der Waals surface area contributed by atoms with Gasteiger partial charge in [-0.2, -0.15) is 4.57 Å². The van der Waals surface area contributed by atoms with E-state index in [9.17, 15) is 4.79 Å². The van der Waals surface area contributed by atoms with Gasteiger partial charge in [-0.15, -0.1) is 0 Å². The van der Waals surface area contributed by atoms with Gasteiger partial charge in [0, 0.05) is 23.6 Å². The minimum absolute atomic E-state index is 0.129. The number of pyridine rings is 1. The fraction of sp³-hybridized carbons (Fsp3) is 0.182. The summed E-state index contributed by atoms with van der Waals surface area (Å²) in [5, 5.41) is 0. The molecule has 0 unspecified atom stereocenters. The van der Waals surface area contributed by atoms with Crippen LogP contribution in [0.1, 0.15) is 34.5 Å². The van der Waals surface area contributed by atoms with Crippen LogP contribution in [0.15, 0.2) is 73.1 Å². The molecule has 0 saturated heterocycles. The van der Waals surface area contributed by atoms with Crippen molar-refractivity contribution in [2.45, 2.75) is 26.8 Å². The van der Waals surface area contributed by atoms with E-state index < -0.39 is 0 Å². The lowest BCUT2D eigenvalue weighted by atomic mass is 10.00. The number of carbonyl (C=O) groups is 1. The number of hydrogen-bond acceptors (Lipinski definition) is 1. The first-order valence-corrected chi connectivity index (χ1v) is 8.23. The Labute approximate surface area is 143 Å². The van der Waals surface area contributed by atoms with Gasteiger partial charge in [0.15, 0.2) is 12.4 Å². The summed E-state index contributed by atoms with van der Waals surface area (Å²) in [6, 6.07) is 20.0. The maximum absolute atomic E-state index is 12.8. The molecular weight excluding hydrogens is 294 g/mol. The first-order chi connectivity index (χ1) is 11.5. The van der Waals surface area contributed by atoms with Crippen LogP contribution in [0.5, 0.6) is 0 Å². The minimum atomic E-state index is -0.217. The van der Waals surface area contributed by atoms with Crippen LogP contribution in [-0.4, -0.2) is 5.78 Å². The molecule has 0 saturated carbocycles. The van der Waals surface area contributed by atoms with E-state index in [-0.39, 0.29) is 11.8 Å². The van der Waals surface area contributed by atoms with Gasteiger partial charge in [-0.05, 0) is 31.0 Å². The minimum Gasteiger partial charge on any atom is -0.287 e. The quantitative estimate of drug-likeness (QED) is 0.505. The van der Waals surface area contributed by atoms with Crippen molar-refractivity contribution >= 4 is 5.78 Å². The number of aromatic nitrogens is 1. The topological polar surface area (TPSA) is 20.9 Å². The third kappa shape index (κ3) is 3.43. The summed E-state index contributed by atoms with van der Waals surface area (Å²) in [5.41, 5.74) is 5.35. The molecule has 0 aliphatic carbocycles. The number of aryl methyl sites for hydroxylation is 2. The van der Waals surface area contributed by atoms with Crippen molar-refractivity contribution in [3.63, 3.8) is 0 Å². The molecule has 120 valence electrons. The van der Waals surface area contributed by atoms with E-state index in [0.717, 1.165) is 27.8 Å². The third-order valence-corrected chi connectivity index (χ3v) is 4.26. The summed E-state index contributed by atoms with van der Waals surface area (Å²) < 4.78 is 2.00. The largest absolute Gasteiger partial charge is 0.287 e. The number of carbonyl (C=O) groups excluding carboxylic acids is 1. The third-order valence-electron chi connectivity index (χ3n) is 4.26. The van der Waals surface area contributed by atoms with Crippen LogP contribution in [-0.2, 0) is 0 Å². The van der Waals surface area contributed by atoms with Gasteiger partial charge in [0.2, 0.25) is 11.8 Å². The first-order valence-electron chi connectivity index (χ1n) is 8.23. The summed E-state index contributed by atoms with van der Waals surface area (Å²) in [6.07, 6.45) is 4.04. The highest BCUT2D eigenvalue weighted by Gasteiger charge is 2.23. The molecule has 2 aromatic carbocycles. The second-order valence-electron chi connectivity index (χ2n) is 6.32. The molecule has 0 aliphatic heterocycles. The molecule has 0 amide bonds. The van der Waals surface area contributed by atoms with Gasteiger partial charge in [0.05, 0.1) is 0 Å². The number of rotatable bonds is 4. The zero-order valence-corrected chi connectivity index (χ0v) is 14.4. The molecule has 0 bridgehead atoms. The van der Waals surface area contributed by atoms with Gasteiger partial charge in [-0.1, -0.05) is 54.6 Å². The number of benzene rings is 2. The van der Waals surface area contributed by atoms with Crippen LogP contribution in [0, 0.1) is 13.8 Å². The molecule has 2 nitrogen and oxygen atoms in total. The lowest BCUT2D eigenvalue weighted by molar-refractivity contribution is -0.705. The predicted molar refractivity (Wildman–Crippen MR) is 97.0 cm³/mol. The van der Waals surface area contributed by atoms with E-state index in [1.165, 1.54) is 0 Å². The van der Waals surface area contributed by atoms with E-state index in [0.29, 0.717) is 0 Å². The van der Waals surface area contributed by atoms with E-state index in [4.69, 9.17) is 0 Å². The molecule has 0 aliphatic rings. The van der Waals surface area contributed by atoms with Crippen LogP contribution in [0.25, 0.3) is 11.1 Å². The summed E-state index contributed by atoms with van der Waals surface area (Å²) in [4.78, 5) is 12.8. The zero-order valence-electron chi connectivity index (χ0n) is 14.4. The van der Waals surface area contributed by atoms with Crippen LogP contribution < -0.4 is 4.57 Å². The average Bonchev–Trinajstić information content (AvgIpc) is 2.60. The average molecular weight is 316 g/mol. The molecule has 0 N–H and O–H groups in total. The van der Waals surface area contributed by atoms with Crippen LogP contribution in [0.3, 0.4) is 0 Å². The van der Waals surface area contributed by atoms with E-state index in [1.807, 2.05) is 66.3 Å². The van der Waals surface area contributed by atoms with E-state index in [1.54, 1.807) is 0 Å². The molecule has 0 radical (unpaired) electrons. The van der Waals surface area contributed by atoms with Crippen LogP contribution in [0.2, 0.25) is 0 Å². The van der Waals surface area contributed by atoms with Crippen molar-refractivity contribution < 1.29 is 9.36 Å². The van der Waals surface area contributed by atoms with Gasteiger partial charge in [0.1, 0.15) is 0 Å². The van der Waals surface area contributed by atoms with Crippen molar-refractivity contribution in [1.29, 1.82) is 0 Å². The number of hydrogen-bond donors (Lipinski definition) is 0. The Morgan fingerprint density at radius 3 is 1.96 bits per heavy atom. The second kappa shape index (κ2) is 6.79. The second-order valence-corrected chi connectivity index (χ2v) is 6.32. The lowest BCUT2D eigenvalue weighted by Crippen LogP contribution is -2.42. The van der Waals surface area contributed by atoms with Crippen LogP contribution >= 0.6 is 0 Å². The van der Waals surface area contributed by atoms with Crippen molar-refractivity contribution in [3.8, 4) is 11.1 Å². The Morgan fingerprint density at radius 2 is 1.38 bits per heavy atom. The predicted octanol–water partition coefficient (Wildman–Crippen LogP) is 4.70. The molecule has 1 heterocycles. The maximum Gasteiger partial charge on any atom is 0.230 e. The van der Waals surface area contributed by atoms with Crippen molar-refractivity contribution in [1.82, 2.24) is 0 Å². The molecule has 3 rings (SSSR count). The summed E-state index contributed by atoms with van der Waals surface area (Å²) >= 11 is 0. The lowest BCUT2D eigenvalue weighted by Gasteiger charge is -2.09. The van der Waals surface area contributed by atoms with Gasteiger partial charge >= 0.3 is 0 Å². The summed E-state index contributed by atoms with van der Waals surface area (Å²) in [7, 11) is 0. The highest BCUT2D eigenvalue weighted by Crippen LogP contribution is 2.20. The Balaban J connectivity index is 1.84.